The summed E-state index contributed by atoms with van der Waals surface area (Å²) in [6.07, 6.45) is 1.55. The quantitative estimate of drug-likeness (QED) is 0.780. The van der Waals surface area contributed by atoms with E-state index in [0.717, 1.165) is 29.8 Å². The van der Waals surface area contributed by atoms with Crippen molar-refractivity contribution in [1.29, 1.82) is 0 Å². The van der Waals surface area contributed by atoms with Crippen molar-refractivity contribution < 1.29 is 8.42 Å². The van der Waals surface area contributed by atoms with Crippen LogP contribution in [0, 0.1) is 13.8 Å². The number of hydrogen-bond acceptors (Lipinski definition) is 3. The number of unbranched alkanes of at least 4 members (excludes halogenated alkanes) is 1. The first-order chi connectivity index (χ1) is 8.86. The molecule has 0 saturated heterocycles. The summed E-state index contributed by atoms with van der Waals surface area (Å²) in [6, 6.07) is 5.84. The number of hydrogen-bond donors (Lipinski definition) is 1. The zero-order valence-corrected chi connectivity index (χ0v) is 13.0. The van der Waals surface area contributed by atoms with Crippen LogP contribution in [0.3, 0.4) is 0 Å². The summed E-state index contributed by atoms with van der Waals surface area (Å²) in [5, 5.41) is 3.02. The average molecular weight is 284 g/mol. The molecule has 0 spiro atoms. The van der Waals surface area contributed by atoms with Gasteiger partial charge in [0, 0.05) is 7.05 Å². The van der Waals surface area contributed by atoms with Gasteiger partial charge in [0.2, 0.25) is 10.0 Å². The number of aryl methyl sites for hydroxylation is 2. The Morgan fingerprint density at radius 2 is 1.68 bits per heavy atom. The highest BCUT2D eigenvalue weighted by molar-refractivity contribution is 7.92. The highest BCUT2D eigenvalue weighted by atomic mass is 32.2. The fraction of sp³-hybridized carbons (Fsp3) is 0.571. The molecule has 0 heterocycles. The summed E-state index contributed by atoms with van der Waals surface area (Å²) >= 11 is 0. The molecule has 4 nitrogen and oxygen atoms in total. The third-order valence-corrected chi connectivity index (χ3v) is 4.92. The van der Waals surface area contributed by atoms with E-state index >= 15 is 0 Å². The molecular formula is C14H24N2O2S. The molecule has 1 aromatic carbocycles. The van der Waals surface area contributed by atoms with Crippen molar-refractivity contribution in [3.8, 4) is 0 Å². The van der Waals surface area contributed by atoms with Crippen LogP contribution in [-0.2, 0) is 10.0 Å². The second-order valence-electron chi connectivity index (χ2n) is 4.94. The Morgan fingerprint density at radius 1 is 1.11 bits per heavy atom. The monoisotopic (exact) mass is 284 g/mol. The molecule has 0 bridgehead atoms. The molecule has 0 aliphatic carbocycles. The van der Waals surface area contributed by atoms with E-state index in [-0.39, 0.29) is 5.75 Å². The van der Waals surface area contributed by atoms with Gasteiger partial charge in [-0.15, -0.1) is 0 Å². The Balaban J connectivity index is 2.77. The molecule has 0 aromatic heterocycles. The Morgan fingerprint density at radius 3 is 2.21 bits per heavy atom. The lowest BCUT2D eigenvalue weighted by Gasteiger charge is -2.20. The molecule has 1 rings (SSSR count). The Labute approximate surface area is 116 Å². The van der Waals surface area contributed by atoms with E-state index in [1.807, 2.05) is 39.1 Å². The van der Waals surface area contributed by atoms with E-state index in [1.54, 1.807) is 7.05 Å². The minimum absolute atomic E-state index is 0.193. The first-order valence-electron chi connectivity index (χ1n) is 6.56. The summed E-state index contributed by atoms with van der Waals surface area (Å²) in [4.78, 5) is 0. The van der Waals surface area contributed by atoms with E-state index in [4.69, 9.17) is 0 Å². The van der Waals surface area contributed by atoms with Crippen molar-refractivity contribution in [3.05, 3.63) is 29.3 Å². The minimum atomic E-state index is -3.22. The summed E-state index contributed by atoms with van der Waals surface area (Å²) in [5.74, 6) is 0.193. The van der Waals surface area contributed by atoms with Gasteiger partial charge in [-0.3, -0.25) is 4.31 Å². The molecule has 0 unspecified atom stereocenters. The van der Waals surface area contributed by atoms with Crippen molar-refractivity contribution >= 4 is 15.7 Å². The predicted octanol–water partition coefficient (Wildman–Crippen LogP) is 2.07. The van der Waals surface area contributed by atoms with Crippen LogP contribution in [0.25, 0.3) is 0 Å². The predicted molar refractivity (Wildman–Crippen MR) is 81.3 cm³/mol. The van der Waals surface area contributed by atoms with Gasteiger partial charge in [0.1, 0.15) is 0 Å². The highest BCUT2D eigenvalue weighted by Crippen LogP contribution is 2.20. The molecule has 0 fully saturated rings. The molecule has 1 N–H and O–H groups in total. The molecule has 19 heavy (non-hydrogen) atoms. The Kier molecular flexibility index (Phi) is 5.82. The molecule has 0 aliphatic rings. The van der Waals surface area contributed by atoms with Crippen molar-refractivity contribution in [1.82, 2.24) is 5.32 Å². The second kappa shape index (κ2) is 6.91. The van der Waals surface area contributed by atoms with Gasteiger partial charge in [0.15, 0.2) is 0 Å². The lowest BCUT2D eigenvalue weighted by atomic mass is 10.1. The average Bonchev–Trinajstić information content (AvgIpc) is 2.32. The van der Waals surface area contributed by atoms with Crippen LogP contribution in [0.2, 0.25) is 0 Å². The van der Waals surface area contributed by atoms with Crippen molar-refractivity contribution in [3.63, 3.8) is 0 Å². The van der Waals surface area contributed by atoms with Gasteiger partial charge in [-0.2, -0.15) is 0 Å². The van der Waals surface area contributed by atoms with E-state index in [1.165, 1.54) is 4.31 Å². The molecule has 0 saturated carbocycles. The summed E-state index contributed by atoms with van der Waals surface area (Å²) in [6.45, 7) is 4.80. The normalized spacial score (nSPS) is 11.6. The number of benzene rings is 1. The Hall–Kier alpha value is -1.07. The maximum atomic E-state index is 12.2. The first-order valence-corrected chi connectivity index (χ1v) is 8.17. The largest absolute Gasteiger partial charge is 0.320 e. The van der Waals surface area contributed by atoms with Gasteiger partial charge < -0.3 is 5.32 Å². The highest BCUT2D eigenvalue weighted by Gasteiger charge is 2.18. The third-order valence-electron chi connectivity index (χ3n) is 3.07. The summed E-state index contributed by atoms with van der Waals surface area (Å²) in [5.41, 5.74) is 2.89. The fourth-order valence-electron chi connectivity index (χ4n) is 2.02. The topological polar surface area (TPSA) is 49.4 Å². The molecule has 5 heteroatoms. The van der Waals surface area contributed by atoms with Gasteiger partial charge >= 0.3 is 0 Å². The van der Waals surface area contributed by atoms with Crippen molar-refractivity contribution in [2.24, 2.45) is 0 Å². The standard InChI is InChI=1S/C14H24N2O2S/c1-12-9-13(2)11-14(10-12)16(4)19(17,18)8-6-5-7-15-3/h9-11,15H,5-8H2,1-4H3. The molecule has 108 valence electrons. The van der Waals surface area contributed by atoms with Crippen LogP contribution in [0.15, 0.2) is 18.2 Å². The molecule has 0 aliphatic heterocycles. The molecule has 1 aromatic rings. The van der Waals surface area contributed by atoms with Crippen molar-refractivity contribution in [2.75, 3.05) is 30.7 Å². The zero-order chi connectivity index (χ0) is 14.5. The van der Waals surface area contributed by atoms with Gasteiger partial charge in [-0.1, -0.05) is 6.07 Å². The number of sulfonamides is 1. The van der Waals surface area contributed by atoms with Gasteiger partial charge in [-0.25, -0.2) is 8.42 Å². The smallest absolute Gasteiger partial charge is 0.234 e. The zero-order valence-electron chi connectivity index (χ0n) is 12.2. The fourth-order valence-corrected chi connectivity index (χ4v) is 3.29. The van der Waals surface area contributed by atoms with Gasteiger partial charge in [0.05, 0.1) is 11.4 Å². The molecule has 0 atom stereocenters. The molecule has 0 radical (unpaired) electrons. The third kappa shape index (κ3) is 4.84. The van der Waals surface area contributed by atoms with Crippen LogP contribution < -0.4 is 9.62 Å². The Bertz CT molecular complexity index is 492. The van der Waals surface area contributed by atoms with Crippen LogP contribution in [0.4, 0.5) is 5.69 Å². The van der Waals surface area contributed by atoms with E-state index in [0.29, 0.717) is 6.42 Å². The molecular weight excluding hydrogens is 260 g/mol. The van der Waals surface area contributed by atoms with Crippen LogP contribution in [0.5, 0.6) is 0 Å². The van der Waals surface area contributed by atoms with Gasteiger partial charge in [0.25, 0.3) is 0 Å². The second-order valence-corrected chi connectivity index (χ2v) is 7.06. The number of nitrogens with one attached hydrogen (secondary N) is 1. The number of nitrogens with zero attached hydrogens (tertiary/aromatic N) is 1. The maximum Gasteiger partial charge on any atom is 0.234 e. The maximum absolute atomic E-state index is 12.2. The summed E-state index contributed by atoms with van der Waals surface area (Å²) in [7, 11) is 0.276. The van der Waals surface area contributed by atoms with Gasteiger partial charge in [-0.05, 0) is 63.5 Å². The summed E-state index contributed by atoms with van der Waals surface area (Å²) < 4.78 is 25.8. The van der Waals surface area contributed by atoms with Crippen LogP contribution >= 0.6 is 0 Å². The first kappa shape index (κ1) is 16.0. The number of rotatable bonds is 7. The number of anilines is 1. The molecule has 0 amide bonds. The lowest BCUT2D eigenvalue weighted by Crippen LogP contribution is -2.29. The van der Waals surface area contributed by atoms with E-state index < -0.39 is 10.0 Å². The van der Waals surface area contributed by atoms with Crippen LogP contribution in [-0.4, -0.2) is 34.8 Å². The van der Waals surface area contributed by atoms with Crippen molar-refractivity contribution in [2.45, 2.75) is 26.7 Å². The van der Waals surface area contributed by atoms with E-state index in [9.17, 15) is 8.42 Å². The minimum Gasteiger partial charge on any atom is -0.320 e. The SMILES string of the molecule is CNCCCCS(=O)(=O)N(C)c1cc(C)cc(C)c1. The lowest BCUT2D eigenvalue weighted by molar-refractivity contribution is 0.588. The van der Waals surface area contributed by atoms with E-state index in [2.05, 4.69) is 5.32 Å². The van der Waals surface area contributed by atoms with Crippen LogP contribution in [0.1, 0.15) is 24.0 Å².